The van der Waals surface area contributed by atoms with Crippen molar-refractivity contribution in [3.05, 3.63) is 28.2 Å². The van der Waals surface area contributed by atoms with Gasteiger partial charge < -0.3 is 10.1 Å². The molecule has 0 unspecified atom stereocenters. The van der Waals surface area contributed by atoms with Crippen LogP contribution in [0.15, 0.2) is 22.7 Å². The van der Waals surface area contributed by atoms with Crippen molar-refractivity contribution in [2.45, 2.75) is 44.1 Å². The Morgan fingerprint density at radius 3 is 2.65 bits per heavy atom. The zero-order valence-electron chi connectivity index (χ0n) is 12.8. The van der Waals surface area contributed by atoms with Crippen molar-refractivity contribution in [3.8, 4) is 11.8 Å². The molecule has 1 aromatic rings. The van der Waals surface area contributed by atoms with Crippen LogP contribution in [0.1, 0.15) is 48.9 Å². The highest BCUT2D eigenvalue weighted by Gasteiger charge is 2.32. The van der Waals surface area contributed by atoms with Crippen molar-refractivity contribution in [2.24, 2.45) is 0 Å². The van der Waals surface area contributed by atoms with E-state index in [-0.39, 0.29) is 12.5 Å². The molecular weight excluding hydrogens is 360 g/mol. The number of nitriles is 1. The minimum Gasteiger partial charge on any atom is -0.483 e. The lowest BCUT2D eigenvalue weighted by molar-refractivity contribution is -0.124. The first-order valence-electron chi connectivity index (χ1n) is 7.68. The number of rotatable bonds is 5. The maximum Gasteiger partial charge on any atom is 0.259 e. The van der Waals surface area contributed by atoms with E-state index in [0.29, 0.717) is 30.4 Å². The van der Waals surface area contributed by atoms with Crippen LogP contribution in [0.4, 0.5) is 0 Å². The second-order valence-corrected chi connectivity index (χ2v) is 6.66. The maximum absolute atomic E-state index is 12.1. The smallest absolute Gasteiger partial charge is 0.259 e. The number of hydrogen-bond donors (Lipinski definition) is 1. The summed E-state index contributed by atoms with van der Waals surface area (Å²) < 4.78 is 6.20. The number of ether oxygens (including phenoxy) is 1. The number of carbonyl (C=O) groups excluding carboxylic acids is 2. The molecule has 2 rings (SSSR count). The molecule has 0 radical (unpaired) electrons. The molecule has 1 saturated carbocycles. The van der Waals surface area contributed by atoms with Gasteiger partial charge in [-0.05, 0) is 31.0 Å². The predicted octanol–water partition coefficient (Wildman–Crippen LogP) is 3.37. The average molecular weight is 379 g/mol. The first kappa shape index (κ1) is 17.5. The number of carbonyl (C=O) groups is 2. The highest BCUT2D eigenvalue weighted by molar-refractivity contribution is 9.10. The summed E-state index contributed by atoms with van der Waals surface area (Å²) in [5.41, 5.74) is -0.416. The molecule has 122 valence electrons. The molecule has 23 heavy (non-hydrogen) atoms. The van der Waals surface area contributed by atoms with Gasteiger partial charge in [0.05, 0.1) is 11.6 Å². The van der Waals surface area contributed by atoms with Crippen LogP contribution in [0.3, 0.4) is 0 Å². The third-order valence-electron chi connectivity index (χ3n) is 4.01. The normalized spacial score (nSPS) is 16.7. The fourth-order valence-corrected chi connectivity index (χ4v) is 3.16. The van der Waals surface area contributed by atoms with Crippen molar-refractivity contribution in [1.29, 1.82) is 5.26 Å². The van der Waals surface area contributed by atoms with Gasteiger partial charge in [-0.25, -0.2) is 0 Å². The minimum atomic E-state index is -0.788. The van der Waals surface area contributed by atoms with Crippen LogP contribution in [-0.2, 0) is 4.79 Å². The number of aldehydes is 1. The zero-order chi connectivity index (χ0) is 16.7. The Labute approximate surface area is 144 Å². The van der Waals surface area contributed by atoms with E-state index in [2.05, 4.69) is 27.3 Å². The molecule has 0 aromatic heterocycles. The van der Waals surface area contributed by atoms with Gasteiger partial charge in [0.1, 0.15) is 11.3 Å². The van der Waals surface area contributed by atoms with Crippen molar-refractivity contribution in [2.75, 3.05) is 6.61 Å². The Morgan fingerprint density at radius 2 is 2.04 bits per heavy atom. The Morgan fingerprint density at radius 1 is 1.35 bits per heavy atom. The maximum atomic E-state index is 12.1. The van der Waals surface area contributed by atoms with Crippen molar-refractivity contribution >= 4 is 28.1 Å². The van der Waals surface area contributed by atoms with Crippen LogP contribution in [0.5, 0.6) is 5.75 Å². The first-order chi connectivity index (χ1) is 11.1. The molecule has 0 aliphatic heterocycles. The lowest BCUT2D eigenvalue weighted by atomic mass is 9.92. The molecule has 1 aliphatic carbocycles. The quantitative estimate of drug-likeness (QED) is 0.629. The number of benzene rings is 1. The van der Waals surface area contributed by atoms with Gasteiger partial charge in [-0.2, -0.15) is 5.26 Å². The van der Waals surface area contributed by atoms with Crippen molar-refractivity contribution < 1.29 is 14.3 Å². The summed E-state index contributed by atoms with van der Waals surface area (Å²) in [6, 6.07) is 7.26. The lowest BCUT2D eigenvalue weighted by Crippen LogP contribution is -2.48. The predicted molar refractivity (Wildman–Crippen MR) is 89.2 cm³/mol. The molecule has 0 bridgehead atoms. The van der Waals surface area contributed by atoms with E-state index < -0.39 is 5.54 Å². The van der Waals surface area contributed by atoms with E-state index >= 15 is 0 Å². The average Bonchev–Trinajstić information content (AvgIpc) is 2.79. The van der Waals surface area contributed by atoms with Crippen LogP contribution in [0.25, 0.3) is 0 Å². The largest absolute Gasteiger partial charge is 0.483 e. The highest BCUT2D eigenvalue weighted by atomic mass is 79.9. The minimum absolute atomic E-state index is 0.216. The summed E-state index contributed by atoms with van der Waals surface area (Å²) in [7, 11) is 0. The van der Waals surface area contributed by atoms with Gasteiger partial charge in [-0.15, -0.1) is 0 Å². The van der Waals surface area contributed by atoms with E-state index in [1.165, 1.54) is 0 Å². The molecule has 6 heteroatoms. The molecule has 1 fully saturated rings. The van der Waals surface area contributed by atoms with Crippen LogP contribution < -0.4 is 10.1 Å². The van der Waals surface area contributed by atoms with Gasteiger partial charge in [0, 0.05) is 4.47 Å². The fraction of sp³-hybridized carbons (Fsp3) is 0.471. The van der Waals surface area contributed by atoms with Gasteiger partial charge >= 0.3 is 0 Å². The van der Waals surface area contributed by atoms with Crippen molar-refractivity contribution in [3.63, 3.8) is 0 Å². The van der Waals surface area contributed by atoms with Gasteiger partial charge in [0.15, 0.2) is 12.9 Å². The zero-order valence-corrected chi connectivity index (χ0v) is 14.4. The van der Waals surface area contributed by atoms with Crippen LogP contribution in [0, 0.1) is 11.3 Å². The van der Waals surface area contributed by atoms with Gasteiger partial charge in [-0.1, -0.05) is 41.6 Å². The van der Waals surface area contributed by atoms with Crippen molar-refractivity contribution in [1.82, 2.24) is 5.32 Å². The van der Waals surface area contributed by atoms with Crippen LogP contribution in [-0.4, -0.2) is 24.3 Å². The third kappa shape index (κ3) is 4.80. The molecule has 1 amide bonds. The monoisotopic (exact) mass is 378 g/mol. The Hall–Kier alpha value is -1.87. The van der Waals surface area contributed by atoms with E-state index in [1.54, 1.807) is 18.2 Å². The Kier molecular flexibility index (Phi) is 6.17. The highest BCUT2D eigenvalue weighted by Crippen LogP contribution is 2.26. The number of halogens is 1. The molecular formula is C17H19BrN2O3. The molecule has 5 nitrogen and oxygen atoms in total. The summed E-state index contributed by atoms with van der Waals surface area (Å²) in [5.74, 6) is 0.0124. The summed E-state index contributed by atoms with van der Waals surface area (Å²) in [5, 5.41) is 12.3. The molecule has 0 heterocycles. The molecule has 1 aliphatic rings. The molecule has 0 spiro atoms. The Bertz CT molecular complexity index is 617. The fourth-order valence-electron chi connectivity index (χ4n) is 2.79. The number of amides is 1. The van der Waals surface area contributed by atoms with E-state index in [9.17, 15) is 14.9 Å². The van der Waals surface area contributed by atoms with Crippen LogP contribution >= 0.6 is 15.9 Å². The molecule has 0 saturated heterocycles. The van der Waals surface area contributed by atoms with Gasteiger partial charge in [0.2, 0.25) is 0 Å². The summed E-state index contributed by atoms with van der Waals surface area (Å²) >= 11 is 3.28. The second kappa shape index (κ2) is 8.11. The van der Waals surface area contributed by atoms with E-state index in [4.69, 9.17) is 4.74 Å². The lowest BCUT2D eigenvalue weighted by Gasteiger charge is -2.26. The van der Waals surface area contributed by atoms with Gasteiger partial charge in [0.25, 0.3) is 5.91 Å². The molecule has 1 N–H and O–H groups in total. The third-order valence-corrected chi connectivity index (χ3v) is 4.50. The van der Waals surface area contributed by atoms with Gasteiger partial charge in [-0.3, -0.25) is 9.59 Å². The SMILES string of the molecule is N#CC1(NC(=O)COc2ccc(Br)cc2C=O)CCCCCC1. The number of nitrogens with zero attached hydrogens (tertiary/aromatic N) is 1. The molecule has 1 aromatic carbocycles. The number of nitrogens with one attached hydrogen (secondary N) is 1. The summed E-state index contributed by atoms with van der Waals surface area (Å²) in [6.07, 6.45) is 6.10. The van der Waals surface area contributed by atoms with Crippen LogP contribution in [0.2, 0.25) is 0 Å². The first-order valence-corrected chi connectivity index (χ1v) is 8.48. The number of hydrogen-bond acceptors (Lipinski definition) is 4. The summed E-state index contributed by atoms with van der Waals surface area (Å²) in [4.78, 5) is 23.2. The van der Waals surface area contributed by atoms with E-state index in [1.807, 2.05) is 0 Å². The summed E-state index contributed by atoms with van der Waals surface area (Å²) in [6.45, 7) is -0.216. The Balaban J connectivity index is 1.97. The topological polar surface area (TPSA) is 79.2 Å². The molecule has 0 atom stereocenters. The standard InChI is InChI=1S/C17H19BrN2O3/c18-14-5-6-15(13(9-14)10-21)23-11-16(22)20-17(12-19)7-3-1-2-4-8-17/h5-6,9-10H,1-4,7-8,11H2,(H,20,22). The van der Waals surface area contributed by atoms with E-state index in [0.717, 1.165) is 30.2 Å². The second-order valence-electron chi connectivity index (χ2n) is 5.74.